The molecule has 3 rings (SSSR count). The summed E-state index contributed by atoms with van der Waals surface area (Å²) in [6.07, 6.45) is 3.03. The highest BCUT2D eigenvalue weighted by Gasteiger charge is 2.13. The molecule has 1 aromatic carbocycles. The van der Waals surface area contributed by atoms with Crippen molar-refractivity contribution in [3.05, 3.63) is 89.5 Å². The van der Waals surface area contributed by atoms with E-state index in [1.165, 1.54) is 18.3 Å². The van der Waals surface area contributed by atoms with Gasteiger partial charge in [-0.2, -0.15) is 5.26 Å². The van der Waals surface area contributed by atoms with Gasteiger partial charge in [0.1, 0.15) is 11.8 Å². The van der Waals surface area contributed by atoms with Crippen molar-refractivity contribution in [2.45, 2.75) is 6.54 Å². The Balaban J connectivity index is 1.70. The normalized spacial score (nSPS) is 9.89. The summed E-state index contributed by atoms with van der Waals surface area (Å²) in [6.45, 7) is 0.257. The number of pyridine rings is 2. The summed E-state index contributed by atoms with van der Waals surface area (Å²) in [6, 6.07) is 17.0. The highest BCUT2D eigenvalue weighted by atomic mass is 16.2. The van der Waals surface area contributed by atoms with Crippen LogP contribution in [0.3, 0.4) is 0 Å². The van der Waals surface area contributed by atoms with Crippen molar-refractivity contribution in [2.24, 2.45) is 0 Å². The monoisotopic (exact) mass is 357 g/mol. The van der Waals surface area contributed by atoms with E-state index >= 15 is 0 Å². The molecule has 2 N–H and O–H groups in total. The molecule has 0 aliphatic heterocycles. The fourth-order valence-corrected chi connectivity index (χ4v) is 2.34. The van der Waals surface area contributed by atoms with E-state index in [0.29, 0.717) is 16.9 Å². The van der Waals surface area contributed by atoms with E-state index < -0.39 is 11.8 Å². The van der Waals surface area contributed by atoms with Gasteiger partial charge in [0, 0.05) is 18.0 Å². The van der Waals surface area contributed by atoms with E-state index in [4.69, 9.17) is 5.26 Å². The summed E-state index contributed by atoms with van der Waals surface area (Å²) in [5.41, 5.74) is 1.86. The molecule has 132 valence electrons. The minimum Gasteiger partial charge on any atom is -0.345 e. The zero-order valence-electron chi connectivity index (χ0n) is 14.2. The molecule has 2 heterocycles. The summed E-state index contributed by atoms with van der Waals surface area (Å²) in [7, 11) is 0. The number of amides is 2. The van der Waals surface area contributed by atoms with Gasteiger partial charge in [-0.05, 0) is 36.4 Å². The summed E-state index contributed by atoms with van der Waals surface area (Å²) < 4.78 is 0. The highest BCUT2D eigenvalue weighted by Crippen LogP contribution is 2.15. The van der Waals surface area contributed by atoms with Gasteiger partial charge in [0.25, 0.3) is 11.8 Å². The lowest BCUT2D eigenvalue weighted by atomic mass is 10.1. The maximum Gasteiger partial charge on any atom is 0.270 e. The molecular formula is C20H15N5O2. The Morgan fingerprint density at radius 2 is 1.78 bits per heavy atom. The van der Waals surface area contributed by atoms with Crippen LogP contribution in [0.2, 0.25) is 0 Å². The van der Waals surface area contributed by atoms with Gasteiger partial charge < -0.3 is 10.6 Å². The number of benzene rings is 1. The van der Waals surface area contributed by atoms with Crippen LogP contribution in [-0.4, -0.2) is 21.8 Å². The fourth-order valence-electron chi connectivity index (χ4n) is 2.34. The third-order valence-corrected chi connectivity index (χ3v) is 3.71. The number of para-hydroxylation sites is 1. The molecule has 0 saturated heterocycles. The molecule has 0 saturated carbocycles. The van der Waals surface area contributed by atoms with Gasteiger partial charge in [0.15, 0.2) is 0 Å². The second-order valence-corrected chi connectivity index (χ2v) is 5.55. The number of aromatic nitrogens is 2. The number of hydrogen-bond donors (Lipinski definition) is 2. The summed E-state index contributed by atoms with van der Waals surface area (Å²) in [5, 5.41) is 14.5. The SMILES string of the molecule is N#Cc1ccccc1NC(=O)c1ccnc(C(=O)NCc2ccccn2)c1. The summed E-state index contributed by atoms with van der Waals surface area (Å²) in [5.74, 6) is -0.841. The van der Waals surface area contributed by atoms with Gasteiger partial charge in [-0.3, -0.25) is 19.6 Å². The van der Waals surface area contributed by atoms with Crippen molar-refractivity contribution in [3.63, 3.8) is 0 Å². The zero-order valence-corrected chi connectivity index (χ0v) is 14.2. The first-order valence-electron chi connectivity index (χ1n) is 8.12. The Bertz CT molecular complexity index is 1010. The molecule has 7 heteroatoms. The molecule has 0 radical (unpaired) electrons. The molecule has 7 nitrogen and oxygen atoms in total. The van der Waals surface area contributed by atoms with Gasteiger partial charge in [0.05, 0.1) is 23.5 Å². The smallest absolute Gasteiger partial charge is 0.270 e. The molecule has 0 bridgehead atoms. The molecule has 0 atom stereocenters. The Hall–Kier alpha value is -4.05. The van der Waals surface area contributed by atoms with Crippen LogP contribution in [0.15, 0.2) is 67.0 Å². The van der Waals surface area contributed by atoms with Crippen LogP contribution in [0.25, 0.3) is 0 Å². The second kappa shape index (κ2) is 8.36. The van der Waals surface area contributed by atoms with Crippen molar-refractivity contribution in [3.8, 4) is 6.07 Å². The average molecular weight is 357 g/mol. The van der Waals surface area contributed by atoms with Gasteiger partial charge in [-0.1, -0.05) is 18.2 Å². The lowest BCUT2D eigenvalue weighted by Crippen LogP contribution is -2.25. The van der Waals surface area contributed by atoms with Crippen LogP contribution < -0.4 is 10.6 Å². The minimum atomic E-state index is -0.432. The topological polar surface area (TPSA) is 108 Å². The molecule has 2 aromatic heterocycles. The number of carbonyl (C=O) groups is 2. The van der Waals surface area contributed by atoms with Crippen LogP contribution in [-0.2, 0) is 6.54 Å². The van der Waals surface area contributed by atoms with Crippen LogP contribution in [0, 0.1) is 11.3 Å². The Labute approximate surface area is 155 Å². The number of rotatable bonds is 5. The Morgan fingerprint density at radius 1 is 0.963 bits per heavy atom. The van der Waals surface area contributed by atoms with E-state index in [1.54, 1.807) is 42.6 Å². The number of nitrogens with one attached hydrogen (secondary N) is 2. The van der Waals surface area contributed by atoms with Crippen LogP contribution in [0.4, 0.5) is 5.69 Å². The molecule has 0 aliphatic rings. The molecule has 0 aliphatic carbocycles. The highest BCUT2D eigenvalue weighted by molar-refractivity contribution is 6.06. The zero-order chi connectivity index (χ0) is 19.1. The summed E-state index contributed by atoms with van der Waals surface area (Å²) in [4.78, 5) is 32.9. The Kier molecular flexibility index (Phi) is 5.50. The first-order chi connectivity index (χ1) is 13.2. The van der Waals surface area contributed by atoms with E-state index in [1.807, 2.05) is 12.1 Å². The van der Waals surface area contributed by atoms with E-state index in [2.05, 4.69) is 20.6 Å². The number of carbonyl (C=O) groups excluding carboxylic acids is 2. The average Bonchev–Trinajstić information content (AvgIpc) is 2.73. The van der Waals surface area contributed by atoms with Gasteiger partial charge in [-0.15, -0.1) is 0 Å². The number of nitrogens with zero attached hydrogens (tertiary/aromatic N) is 3. The van der Waals surface area contributed by atoms with Gasteiger partial charge in [-0.25, -0.2) is 0 Å². The van der Waals surface area contributed by atoms with E-state index in [0.717, 1.165) is 0 Å². The lowest BCUT2D eigenvalue weighted by molar-refractivity contribution is 0.0945. The quantitative estimate of drug-likeness (QED) is 0.729. The predicted molar refractivity (Wildman–Crippen MR) is 98.8 cm³/mol. The molecule has 0 spiro atoms. The molecule has 27 heavy (non-hydrogen) atoms. The maximum atomic E-state index is 12.4. The second-order valence-electron chi connectivity index (χ2n) is 5.55. The maximum absolute atomic E-state index is 12.4. The fraction of sp³-hybridized carbons (Fsp3) is 0.0500. The predicted octanol–water partition coefficient (Wildman–Crippen LogP) is 2.53. The number of nitriles is 1. The third-order valence-electron chi connectivity index (χ3n) is 3.71. The largest absolute Gasteiger partial charge is 0.345 e. The van der Waals surface area contributed by atoms with Gasteiger partial charge >= 0.3 is 0 Å². The first kappa shape index (κ1) is 17.8. The molecule has 3 aromatic rings. The van der Waals surface area contributed by atoms with E-state index in [9.17, 15) is 9.59 Å². The third kappa shape index (κ3) is 4.52. The minimum absolute atomic E-state index is 0.118. The van der Waals surface area contributed by atoms with Crippen molar-refractivity contribution < 1.29 is 9.59 Å². The molecule has 0 fully saturated rings. The van der Waals surface area contributed by atoms with Crippen molar-refractivity contribution in [1.29, 1.82) is 5.26 Å². The molecule has 2 amide bonds. The lowest BCUT2D eigenvalue weighted by Gasteiger charge is -2.08. The number of anilines is 1. The number of hydrogen-bond acceptors (Lipinski definition) is 5. The molecular weight excluding hydrogens is 342 g/mol. The van der Waals surface area contributed by atoms with Crippen molar-refractivity contribution >= 4 is 17.5 Å². The van der Waals surface area contributed by atoms with Crippen LogP contribution in [0.5, 0.6) is 0 Å². The van der Waals surface area contributed by atoms with E-state index in [-0.39, 0.29) is 17.8 Å². The Morgan fingerprint density at radius 3 is 2.56 bits per heavy atom. The molecule has 0 unspecified atom stereocenters. The first-order valence-corrected chi connectivity index (χ1v) is 8.12. The van der Waals surface area contributed by atoms with Gasteiger partial charge in [0.2, 0.25) is 0 Å². The van der Waals surface area contributed by atoms with Crippen LogP contribution in [0.1, 0.15) is 32.1 Å². The van der Waals surface area contributed by atoms with Crippen molar-refractivity contribution in [2.75, 3.05) is 5.32 Å². The summed E-state index contributed by atoms with van der Waals surface area (Å²) >= 11 is 0. The van der Waals surface area contributed by atoms with Crippen LogP contribution >= 0.6 is 0 Å². The standard InChI is InChI=1S/C20H15N5O2/c21-12-15-5-1-2-7-17(15)25-19(26)14-8-10-23-18(11-14)20(27)24-13-16-6-3-4-9-22-16/h1-11H,13H2,(H,24,27)(H,25,26). The van der Waals surface area contributed by atoms with Crippen molar-refractivity contribution in [1.82, 2.24) is 15.3 Å².